The van der Waals surface area contributed by atoms with Crippen molar-refractivity contribution < 1.29 is 28.0 Å². The molecule has 1 N–H and O–H groups in total. The molecule has 0 radical (unpaired) electrons. The van der Waals surface area contributed by atoms with Crippen molar-refractivity contribution in [1.29, 1.82) is 0 Å². The van der Waals surface area contributed by atoms with Crippen LogP contribution in [0.15, 0.2) is 65.3 Å². The van der Waals surface area contributed by atoms with E-state index in [-0.39, 0.29) is 28.8 Å². The molecular formula is C40H51N5O6S. The summed E-state index contributed by atoms with van der Waals surface area (Å²) in [5, 5.41) is 4.22. The summed E-state index contributed by atoms with van der Waals surface area (Å²) < 4.78 is 41.0. The predicted octanol–water partition coefficient (Wildman–Crippen LogP) is 5.90. The molecular weight excluding hydrogens is 679 g/mol. The number of hydrogen-bond acceptors (Lipinski definition) is 8. The molecule has 0 saturated heterocycles. The van der Waals surface area contributed by atoms with Crippen LogP contribution < -0.4 is 14.4 Å². The summed E-state index contributed by atoms with van der Waals surface area (Å²) >= 11 is 0. The standard InChI is InChI=1S/C40H51N5O6S/c1-27-10-14-34-29(19-27)8-6-16-40(34)25-44-22-31-11-13-33(31)36(50-4)9-5-7-28(2)24-52(48,43-39(47)32-21-41-45(23-32)17-18-49-3)42-38(46)30-12-15-37(51-26-40)35(44)20-30/h5,9-10,12,14-15,19-21,23,28,31,33,36H,6-8,11,13,16-18,22,24-26H2,1-4H3,(H,42,43,46,47,48)/b9-5+/t28-,31-,33+,36-,40-,52?/m0/s1. The first-order valence-corrected chi connectivity index (χ1v) is 20.2. The monoisotopic (exact) mass is 729 g/mol. The molecule has 3 aromatic rings. The van der Waals surface area contributed by atoms with Crippen LogP contribution in [-0.4, -0.2) is 78.2 Å². The second kappa shape index (κ2) is 15.2. The van der Waals surface area contributed by atoms with Gasteiger partial charge in [-0.2, -0.15) is 5.10 Å². The van der Waals surface area contributed by atoms with Crippen molar-refractivity contribution in [3.05, 3.63) is 88.8 Å². The van der Waals surface area contributed by atoms with E-state index in [1.54, 1.807) is 31.2 Å². The van der Waals surface area contributed by atoms with Gasteiger partial charge in [0.05, 0.1) is 49.1 Å². The first-order valence-electron chi connectivity index (χ1n) is 18.5. The number of allylic oxidation sites excluding steroid dienone is 1. The summed E-state index contributed by atoms with van der Waals surface area (Å²) in [5.41, 5.74) is 5.17. The minimum atomic E-state index is -3.54. The van der Waals surface area contributed by atoms with E-state index in [0.29, 0.717) is 43.6 Å². The molecule has 52 heavy (non-hydrogen) atoms. The lowest BCUT2D eigenvalue weighted by molar-refractivity contribution is 0.0131. The van der Waals surface area contributed by atoms with E-state index in [4.69, 9.17) is 14.2 Å². The second-order valence-electron chi connectivity index (χ2n) is 15.2. The van der Waals surface area contributed by atoms with Crippen molar-refractivity contribution in [2.75, 3.05) is 51.2 Å². The molecule has 1 spiro atoms. The summed E-state index contributed by atoms with van der Waals surface area (Å²) in [6.45, 7) is 7.09. The van der Waals surface area contributed by atoms with Gasteiger partial charge in [-0.3, -0.25) is 19.0 Å². The highest BCUT2D eigenvalue weighted by molar-refractivity contribution is 7.92. The molecule has 2 aliphatic heterocycles. The van der Waals surface area contributed by atoms with Gasteiger partial charge in [0.2, 0.25) is 0 Å². The minimum Gasteiger partial charge on any atom is -0.490 e. The van der Waals surface area contributed by atoms with Crippen LogP contribution in [0.25, 0.3) is 0 Å². The highest BCUT2D eigenvalue weighted by atomic mass is 32.2. The van der Waals surface area contributed by atoms with Crippen LogP contribution in [0.5, 0.6) is 5.75 Å². The van der Waals surface area contributed by atoms with Gasteiger partial charge in [-0.05, 0) is 92.5 Å². The molecule has 278 valence electrons. The lowest BCUT2D eigenvalue weighted by Gasteiger charge is -2.46. The van der Waals surface area contributed by atoms with Gasteiger partial charge in [0.1, 0.15) is 15.7 Å². The van der Waals surface area contributed by atoms with E-state index in [0.717, 1.165) is 56.6 Å². The lowest BCUT2D eigenvalue weighted by atomic mass is 9.68. The first kappa shape index (κ1) is 36.4. The Morgan fingerprint density at radius 1 is 1.17 bits per heavy atom. The molecule has 2 aromatic carbocycles. The normalized spacial score (nSPS) is 29.5. The van der Waals surface area contributed by atoms with E-state index in [9.17, 15) is 13.8 Å². The number of fused-ring (bicyclic) bond motifs is 4. The van der Waals surface area contributed by atoms with Crippen LogP contribution in [-0.2, 0) is 37.8 Å². The summed E-state index contributed by atoms with van der Waals surface area (Å²) in [4.78, 5) is 29.9. The van der Waals surface area contributed by atoms with E-state index < -0.39 is 21.7 Å². The number of methoxy groups -OCH3 is 2. The molecule has 11 nitrogen and oxygen atoms in total. The zero-order valence-corrected chi connectivity index (χ0v) is 31.5. The first-order chi connectivity index (χ1) is 25.1. The number of anilines is 1. The Kier molecular flexibility index (Phi) is 10.6. The number of carbonyl (C=O) groups excluding carboxylic acids is 2. The van der Waals surface area contributed by atoms with Crippen LogP contribution >= 0.6 is 0 Å². The second-order valence-corrected chi connectivity index (χ2v) is 17.2. The molecule has 7 rings (SSSR count). The smallest absolute Gasteiger partial charge is 0.286 e. The average Bonchev–Trinajstić information content (AvgIpc) is 3.53. The molecule has 12 heteroatoms. The van der Waals surface area contributed by atoms with Crippen LogP contribution in [0, 0.1) is 24.7 Å². The van der Waals surface area contributed by atoms with Gasteiger partial charge >= 0.3 is 0 Å². The Balaban J connectivity index is 1.27. The SMILES string of the molecule is COCCn1cc(C(=O)NS2(=O)=NC(=O)c3ccc4c(c3)N(C[C@@H]3CC[C@H]3[C@@H](OC)/C=C/C[C@H](C)C2)C[C@@]2(CCCc3cc(C)ccc32)CO4)cn1. The number of rotatable bonds is 6. The fourth-order valence-electron chi connectivity index (χ4n) is 8.52. The Labute approximate surface area is 307 Å². The molecule has 1 aromatic heterocycles. The highest BCUT2D eigenvalue weighted by Crippen LogP contribution is 2.47. The highest BCUT2D eigenvalue weighted by Gasteiger charge is 2.44. The zero-order chi connectivity index (χ0) is 36.5. The van der Waals surface area contributed by atoms with E-state index in [2.05, 4.69) is 56.4 Å². The van der Waals surface area contributed by atoms with Crippen molar-refractivity contribution in [2.24, 2.45) is 22.1 Å². The van der Waals surface area contributed by atoms with Crippen LogP contribution in [0.1, 0.15) is 76.4 Å². The maximum absolute atomic E-state index is 14.6. The van der Waals surface area contributed by atoms with Crippen LogP contribution in [0.2, 0.25) is 0 Å². The fourth-order valence-corrected chi connectivity index (χ4v) is 10.4. The van der Waals surface area contributed by atoms with Gasteiger partial charge in [-0.1, -0.05) is 42.8 Å². The van der Waals surface area contributed by atoms with Gasteiger partial charge in [0.15, 0.2) is 0 Å². The third-order valence-corrected chi connectivity index (χ3v) is 13.4. The number of amides is 2. The number of ether oxygens (including phenoxy) is 3. The summed E-state index contributed by atoms with van der Waals surface area (Å²) in [6.07, 6.45) is 13.1. The molecule has 1 saturated carbocycles. The van der Waals surface area contributed by atoms with Gasteiger partial charge < -0.3 is 19.1 Å². The molecule has 6 atom stereocenters. The number of aromatic nitrogens is 2. The lowest BCUT2D eigenvalue weighted by Crippen LogP contribution is -2.49. The molecule has 2 amide bonds. The average molecular weight is 730 g/mol. The van der Waals surface area contributed by atoms with Crippen molar-refractivity contribution in [2.45, 2.75) is 70.4 Å². The molecule has 1 fully saturated rings. The predicted molar refractivity (Wildman–Crippen MR) is 201 cm³/mol. The summed E-state index contributed by atoms with van der Waals surface area (Å²) in [5.74, 6) is 0.0775. The number of aryl methyl sites for hydroxylation is 2. The Bertz CT molecular complexity index is 1970. The van der Waals surface area contributed by atoms with Gasteiger partial charge in [0, 0.05) is 44.5 Å². The van der Waals surface area contributed by atoms with E-state index in [1.165, 1.54) is 22.9 Å². The summed E-state index contributed by atoms with van der Waals surface area (Å²) in [7, 11) is -0.181. The van der Waals surface area contributed by atoms with Crippen molar-refractivity contribution in [3.8, 4) is 5.75 Å². The number of hydrogen-bond donors (Lipinski definition) is 1. The topological polar surface area (TPSA) is 124 Å². The Morgan fingerprint density at radius 2 is 2.04 bits per heavy atom. The Morgan fingerprint density at radius 3 is 2.83 bits per heavy atom. The van der Waals surface area contributed by atoms with Crippen molar-refractivity contribution in [3.63, 3.8) is 0 Å². The van der Waals surface area contributed by atoms with Gasteiger partial charge in [0.25, 0.3) is 11.8 Å². The Hall–Kier alpha value is -4.00. The molecule has 2 aliphatic carbocycles. The molecule has 2 bridgehead atoms. The zero-order valence-electron chi connectivity index (χ0n) is 30.7. The molecule has 4 aliphatic rings. The van der Waals surface area contributed by atoms with Crippen LogP contribution in [0.3, 0.4) is 0 Å². The number of nitrogens with one attached hydrogen (secondary N) is 1. The van der Waals surface area contributed by atoms with Gasteiger partial charge in [-0.25, -0.2) is 4.21 Å². The van der Waals surface area contributed by atoms with Crippen molar-refractivity contribution in [1.82, 2.24) is 14.5 Å². The van der Waals surface area contributed by atoms with Gasteiger partial charge in [-0.15, -0.1) is 4.36 Å². The summed E-state index contributed by atoms with van der Waals surface area (Å²) in [6, 6.07) is 12.2. The number of carbonyl (C=O) groups is 2. The largest absolute Gasteiger partial charge is 0.490 e. The van der Waals surface area contributed by atoms with Crippen molar-refractivity contribution >= 4 is 27.4 Å². The third kappa shape index (κ3) is 7.56. The number of nitrogens with zero attached hydrogens (tertiary/aromatic N) is 4. The maximum atomic E-state index is 14.6. The molecule has 3 heterocycles. The number of benzene rings is 2. The quantitative estimate of drug-likeness (QED) is 0.311. The van der Waals surface area contributed by atoms with E-state index in [1.807, 2.05) is 19.1 Å². The maximum Gasteiger partial charge on any atom is 0.286 e. The van der Waals surface area contributed by atoms with E-state index >= 15 is 0 Å². The molecule has 1 unspecified atom stereocenters. The fraction of sp³-hybridized carbons (Fsp3) is 0.525. The minimum absolute atomic E-state index is 0.00207. The van der Waals surface area contributed by atoms with Crippen LogP contribution in [0.4, 0.5) is 5.69 Å². The third-order valence-electron chi connectivity index (χ3n) is 11.4.